The lowest BCUT2D eigenvalue weighted by atomic mass is 9.74. The fourth-order valence-electron chi connectivity index (χ4n) is 4.91. The first-order chi connectivity index (χ1) is 18.9. The Balaban J connectivity index is 1.30. The third-order valence-electron chi connectivity index (χ3n) is 6.95. The normalized spacial score (nSPS) is 17.7. The van der Waals surface area contributed by atoms with Crippen LogP contribution < -0.4 is 16.4 Å². The van der Waals surface area contributed by atoms with Gasteiger partial charge in [-0.2, -0.15) is 5.10 Å². The number of benzene rings is 2. The first-order valence-corrected chi connectivity index (χ1v) is 13.1. The van der Waals surface area contributed by atoms with E-state index in [1.54, 1.807) is 11.0 Å². The summed E-state index contributed by atoms with van der Waals surface area (Å²) in [4.78, 5) is 41.3. The Bertz CT molecular complexity index is 1230. The summed E-state index contributed by atoms with van der Waals surface area (Å²) in [7, 11) is 0. The van der Waals surface area contributed by atoms with Crippen molar-refractivity contribution in [2.24, 2.45) is 11.7 Å². The second-order valence-electron chi connectivity index (χ2n) is 9.65. The Morgan fingerprint density at radius 1 is 1.08 bits per heavy atom. The maximum absolute atomic E-state index is 13.3. The summed E-state index contributed by atoms with van der Waals surface area (Å²) in [6.45, 7) is 1.24. The molecule has 0 spiro atoms. The highest BCUT2D eigenvalue weighted by atomic mass is 19.1. The van der Waals surface area contributed by atoms with Gasteiger partial charge in [-0.05, 0) is 54.0 Å². The molecule has 2 aromatic carbocycles. The maximum atomic E-state index is 13.3. The summed E-state index contributed by atoms with van der Waals surface area (Å²) in [5, 5.41) is 9.51. The predicted octanol–water partition coefficient (Wildman–Crippen LogP) is 3.35. The maximum Gasteiger partial charge on any atom is 0.407 e. The van der Waals surface area contributed by atoms with Crippen molar-refractivity contribution in [2.45, 2.75) is 57.2 Å². The Labute approximate surface area is 226 Å². The van der Waals surface area contributed by atoms with Crippen molar-refractivity contribution in [2.75, 3.05) is 6.54 Å². The third kappa shape index (κ3) is 7.86. The molecule has 3 amide bonds. The highest BCUT2D eigenvalue weighted by Gasteiger charge is 2.34. The number of primary amides is 1. The number of nitrogens with zero attached hydrogens (tertiary/aromatic N) is 3. The number of amides is 3. The lowest BCUT2D eigenvalue weighted by Crippen LogP contribution is -2.42. The molecule has 3 unspecified atom stereocenters. The fourth-order valence-corrected chi connectivity index (χ4v) is 4.91. The van der Waals surface area contributed by atoms with Crippen LogP contribution in [0.25, 0.3) is 0 Å². The predicted molar refractivity (Wildman–Crippen MR) is 140 cm³/mol. The average molecular weight is 537 g/mol. The van der Waals surface area contributed by atoms with E-state index in [1.165, 1.54) is 30.6 Å². The number of carbonyl (C=O) groups excluding carboxylic acids is 3. The van der Waals surface area contributed by atoms with E-state index >= 15 is 0 Å². The molecule has 1 heterocycles. The monoisotopic (exact) mass is 536 g/mol. The van der Waals surface area contributed by atoms with Gasteiger partial charge in [0.15, 0.2) is 0 Å². The van der Waals surface area contributed by atoms with E-state index in [-0.39, 0.29) is 24.3 Å². The summed E-state index contributed by atoms with van der Waals surface area (Å²) < 4.78 is 20.3. The van der Waals surface area contributed by atoms with Crippen molar-refractivity contribution < 1.29 is 23.5 Å². The molecule has 0 saturated heterocycles. The van der Waals surface area contributed by atoms with Gasteiger partial charge < -0.3 is 21.1 Å². The van der Waals surface area contributed by atoms with Gasteiger partial charge in [0, 0.05) is 19.0 Å². The minimum absolute atomic E-state index is 0.0243. The number of hydrogen-bond donors (Lipinski definition) is 3. The summed E-state index contributed by atoms with van der Waals surface area (Å²) in [5.41, 5.74) is 7.84. The summed E-state index contributed by atoms with van der Waals surface area (Å²) in [5.74, 6) is -1.74. The zero-order chi connectivity index (χ0) is 27.6. The van der Waals surface area contributed by atoms with E-state index in [4.69, 9.17) is 10.5 Å². The standard InChI is InChI=1S/C28H33FN6O4/c29-22-12-10-21(11-13-22)25(26(30)36)34-27(37)24-5-2-1-4-23(24)20-8-6-19(7-9-20)16-39-28(38)32-14-3-15-35-18-31-17-33-35/h6-13,17-18,23-25H,1-5,14-16H2,(H2,30,36)(H,32,38)(H,34,37). The lowest BCUT2D eigenvalue weighted by Gasteiger charge is -2.32. The van der Waals surface area contributed by atoms with Crippen LogP contribution in [0.3, 0.4) is 0 Å². The second kappa shape index (κ2) is 13.5. The van der Waals surface area contributed by atoms with Gasteiger partial charge in [-0.15, -0.1) is 0 Å². The highest BCUT2D eigenvalue weighted by Crippen LogP contribution is 2.38. The zero-order valence-electron chi connectivity index (χ0n) is 21.6. The van der Waals surface area contributed by atoms with E-state index in [2.05, 4.69) is 20.7 Å². The zero-order valence-corrected chi connectivity index (χ0v) is 21.6. The van der Waals surface area contributed by atoms with Crippen molar-refractivity contribution in [3.63, 3.8) is 0 Å². The molecule has 4 N–H and O–H groups in total. The molecule has 0 aliphatic heterocycles. The molecule has 39 heavy (non-hydrogen) atoms. The number of hydrogen-bond acceptors (Lipinski definition) is 6. The van der Waals surface area contributed by atoms with Gasteiger partial charge >= 0.3 is 6.09 Å². The molecule has 4 rings (SSSR count). The number of nitrogens with one attached hydrogen (secondary N) is 2. The Hall–Kier alpha value is -4.28. The molecule has 1 aromatic heterocycles. The van der Waals surface area contributed by atoms with E-state index in [9.17, 15) is 18.8 Å². The molecule has 10 nitrogen and oxygen atoms in total. The van der Waals surface area contributed by atoms with Crippen molar-refractivity contribution >= 4 is 17.9 Å². The highest BCUT2D eigenvalue weighted by molar-refractivity contribution is 5.89. The van der Waals surface area contributed by atoms with Gasteiger partial charge in [-0.25, -0.2) is 14.2 Å². The minimum Gasteiger partial charge on any atom is -0.445 e. The molecule has 1 aliphatic carbocycles. The number of aromatic nitrogens is 3. The molecule has 3 atom stereocenters. The van der Waals surface area contributed by atoms with E-state index < -0.39 is 23.9 Å². The molecule has 1 saturated carbocycles. The van der Waals surface area contributed by atoms with Gasteiger partial charge in [0.1, 0.15) is 31.1 Å². The molecule has 0 bridgehead atoms. The molecule has 3 aromatic rings. The van der Waals surface area contributed by atoms with Crippen LogP contribution in [-0.4, -0.2) is 39.2 Å². The van der Waals surface area contributed by atoms with E-state index in [0.29, 0.717) is 31.5 Å². The number of alkyl carbamates (subject to hydrolysis) is 1. The first-order valence-electron chi connectivity index (χ1n) is 13.1. The van der Waals surface area contributed by atoms with E-state index in [0.717, 1.165) is 30.4 Å². The topological polar surface area (TPSA) is 141 Å². The van der Waals surface area contributed by atoms with Gasteiger partial charge in [-0.3, -0.25) is 14.3 Å². The molecule has 1 aliphatic rings. The van der Waals surface area contributed by atoms with Gasteiger partial charge in [0.05, 0.1) is 0 Å². The third-order valence-corrected chi connectivity index (χ3v) is 6.95. The Morgan fingerprint density at radius 3 is 2.51 bits per heavy atom. The van der Waals surface area contributed by atoms with Crippen molar-refractivity contribution in [3.05, 3.63) is 83.7 Å². The SMILES string of the molecule is NC(=O)C(NC(=O)C1CCCCC1c1ccc(COC(=O)NCCCn2cncn2)cc1)c1ccc(F)cc1. The fraction of sp³-hybridized carbons (Fsp3) is 0.393. The quantitative estimate of drug-likeness (QED) is 0.321. The number of halogens is 1. The molecular formula is C28H33FN6O4. The van der Waals surface area contributed by atoms with Crippen LogP contribution in [-0.2, 0) is 27.5 Å². The van der Waals surface area contributed by atoms with E-state index in [1.807, 2.05) is 24.3 Å². The number of carbonyl (C=O) groups is 3. The van der Waals surface area contributed by atoms with Crippen LogP contribution in [0.5, 0.6) is 0 Å². The van der Waals surface area contributed by atoms with Crippen LogP contribution >= 0.6 is 0 Å². The Morgan fingerprint density at radius 2 is 1.82 bits per heavy atom. The lowest BCUT2D eigenvalue weighted by molar-refractivity contribution is -0.131. The minimum atomic E-state index is -1.03. The van der Waals surface area contributed by atoms with Crippen molar-refractivity contribution in [3.8, 4) is 0 Å². The molecule has 1 fully saturated rings. The van der Waals surface area contributed by atoms with Crippen LogP contribution in [0, 0.1) is 11.7 Å². The first kappa shape index (κ1) is 27.7. The van der Waals surface area contributed by atoms with Crippen LogP contribution in [0.15, 0.2) is 61.2 Å². The van der Waals surface area contributed by atoms with Crippen molar-refractivity contribution in [1.29, 1.82) is 0 Å². The largest absolute Gasteiger partial charge is 0.445 e. The van der Waals surface area contributed by atoms with Crippen LogP contribution in [0.4, 0.5) is 9.18 Å². The van der Waals surface area contributed by atoms with Crippen molar-refractivity contribution in [1.82, 2.24) is 25.4 Å². The number of rotatable bonds is 11. The number of nitrogens with two attached hydrogens (primary N) is 1. The molecule has 206 valence electrons. The Kier molecular flexibility index (Phi) is 9.60. The molecule has 0 radical (unpaired) electrons. The van der Waals surface area contributed by atoms with Gasteiger partial charge in [0.25, 0.3) is 0 Å². The summed E-state index contributed by atoms with van der Waals surface area (Å²) >= 11 is 0. The van der Waals surface area contributed by atoms with Gasteiger partial charge in [-0.1, -0.05) is 49.2 Å². The smallest absolute Gasteiger partial charge is 0.407 e. The molecular weight excluding hydrogens is 503 g/mol. The second-order valence-corrected chi connectivity index (χ2v) is 9.65. The summed E-state index contributed by atoms with van der Waals surface area (Å²) in [6.07, 6.45) is 6.72. The van der Waals surface area contributed by atoms with Crippen LogP contribution in [0.1, 0.15) is 60.8 Å². The van der Waals surface area contributed by atoms with Crippen LogP contribution in [0.2, 0.25) is 0 Å². The average Bonchev–Trinajstić information content (AvgIpc) is 3.47. The van der Waals surface area contributed by atoms with Gasteiger partial charge in [0.2, 0.25) is 11.8 Å². The molecule has 11 heteroatoms. The number of aryl methyl sites for hydroxylation is 1. The summed E-state index contributed by atoms with van der Waals surface area (Å²) in [6, 6.07) is 12.0. The number of ether oxygens (including phenoxy) is 1.